The highest BCUT2D eigenvalue weighted by Crippen LogP contribution is 2.21. The van der Waals surface area contributed by atoms with Crippen molar-refractivity contribution in [3.63, 3.8) is 0 Å². The molecule has 0 aliphatic rings. The van der Waals surface area contributed by atoms with E-state index in [9.17, 15) is 4.79 Å². The second-order valence-corrected chi connectivity index (χ2v) is 7.15. The van der Waals surface area contributed by atoms with Crippen LogP contribution in [-0.2, 0) is 11.3 Å². The Hall–Kier alpha value is -3.59. The number of nitrogens with one attached hydrogen (secondary N) is 1. The molecule has 3 heterocycles. The molecule has 4 rings (SSSR count). The first-order chi connectivity index (χ1) is 14.6. The lowest BCUT2D eigenvalue weighted by atomic mass is 10.2. The number of fused-ring (bicyclic) bond motifs is 1. The van der Waals surface area contributed by atoms with Crippen LogP contribution >= 0.6 is 0 Å². The smallest absolute Gasteiger partial charge is 0.274 e. The third-order valence-corrected chi connectivity index (χ3v) is 4.75. The number of aromatic nitrogens is 6. The molecule has 4 aromatic rings. The van der Waals surface area contributed by atoms with Crippen molar-refractivity contribution >= 4 is 22.5 Å². The normalized spacial score (nSPS) is 11.3. The first kappa shape index (κ1) is 19.7. The Morgan fingerprint density at radius 3 is 2.90 bits per heavy atom. The Balaban J connectivity index is 1.58. The molecule has 0 saturated heterocycles. The summed E-state index contributed by atoms with van der Waals surface area (Å²) in [6, 6.07) is 11.1. The summed E-state index contributed by atoms with van der Waals surface area (Å²) in [7, 11) is 1.65. The highest BCUT2D eigenvalue weighted by Gasteiger charge is 2.15. The van der Waals surface area contributed by atoms with E-state index in [1.165, 1.54) is 0 Å². The number of pyridine rings is 1. The van der Waals surface area contributed by atoms with E-state index < -0.39 is 0 Å². The first-order valence-electron chi connectivity index (χ1n) is 9.69. The zero-order valence-corrected chi connectivity index (χ0v) is 17.1. The van der Waals surface area contributed by atoms with Gasteiger partial charge in [-0.25, -0.2) is 4.98 Å². The van der Waals surface area contributed by atoms with Crippen molar-refractivity contribution < 1.29 is 9.53 Å². The predicted molar refractivity (Wildman–Crippen MR) is 113 cm³/mol. The third-order valence-electron chi connectivity index (χ3n) is 4.75. The van der Waals surface area contributed by atoms with Gasteiger partial charge in [-0.3, -0.25) is 9.48 Å². The van der Waals surface area contributed by atoms with Crippen molar-refractivity contribution in [2.75, 3.05) is 19.0 Å². The molecule has 0 unspecified atom stereocenters. The molecule has 30 heavy (non-hydrogen) atoms. The summed E-state index contributed by atoms with van der Waals surface area (Å²) in [6.07, 6.45) is 3.46. The van der Waals surface area contributed by atoms with Gasteiger partial charge in [0.15, 0.2) is 5.82 Å². The van der Waals surface area contributed by atoms with E-state index in [4.69, 9.17) is 4.74 Å². The number of benzene rings is 1. The number of carbonyl (C=O) groups excluding carboxylic acids is 1. The monoisotopic (exact) mass is 405 g/mol. The van der Waals surface area contributed by atoms with Crippen LogP contribution in [0.25, 0.3) is 22.4 Å². The predicted octanol–water partition coefficient (Wildman–Crippen LogP) is 3.17. The van der Waals surface area contributed by atoms with Gasteiger partial charge >= 0.3 is 0 Å². The Bertz CT molecular complexity index is 1180. The zero-order chi connectivity index (χ0) is 21.1. The largest absolute Gasteiger partial charge is 0.383 e. The van der Waals surface area contributed by atoms with Crippen LogP contribution in [0.15, 0.2) is 48.9 Å². The SMILES string of the molecule is COCCn1ncc2ccc(NC(=O)c3cccc(-c4nncn4C(C)C)n3)cc21. The summed E-state index contributed by atoms with van der Waals surface area (Å²) in [5, 5.41) is 16.4. The zero-order valence-electron chi connectivity index (χ0n) is 17.1. The maximum Gasteiger partial charge on any atom is 0.274 e. The quantitative estimate of drug-likeness (QED) is 0.507. The summed E-state index contributed by atoms with van der Waals surface area (Å²) >= 11 is 0. The second-order valence-electron chi connectivity index (χ2n) is 7.15. The molecule has 1 aromatic carbocycles. The van der Waals surface area contributed by atoms with Crippen LogP contribution < -0.4 is 5.32 Å². The number of methoxy groups -OCH3 is 1. The summed E-state index contributed by atoms with van der Waals surface area (Å²) in [5.74, 6) is 0.331. The number of hydrogen-bond acceptors (Lipinski definition) is 6. The van der Waals surface area contributed by atoms with Gasteiger partial charge in [0.1, 0.15) is 17.7 Å². The number of carbonyl (C=O) groups is 1. The minimum atomic E-state index is -0.297. The van der Waals surface area contributed by atoms with E-state index in [1.807, 2.05) is 47.4 Å². The highest BCUT2D eigenvalue weighted by atomic mass is 16.5. The van der Waals surface area contributed by atoms with E-state index in [2.05, 4.69) is 25.6 Å². The summed E-state index contributed by atoms with van der Waals surface area (Å²) < 4.78 is 8.90. The summed E-state index contributed by atoms with van der Waals surface area (Å²) in [4.78, 5) is 17.3. The Morgan fingerprint density at radius 1 is 1.23 bits per heavy atom. The van der Waals surface area contributed by atoms with Gasteiger partial charge < -0.3 is 14.6 Å². The van der Waals surface area contributed by atoms with Crippen LogP contribution in [0.2, 0.25) is 0 Å². The van der Waals surface area contributed by atoms with Crippen molar-refractivity contribution in [1.29, 1.82) is 0 Å². The summed E-state index contributed by atoms with van der Waals surface area (Å²) in [5.41, 5.74) is 2.50. The molecular weight excluding hydrogens is 382 g/mol. The van der Waals surface area contributed by atoms with Crippen LogP contribution in [0, 0.1) is 0 Å². The van der Waals surface area contributed by atoms with Crippen LogP contribution in [0.1, 0.15) is 30.4 Å². The van der Waals surface area contributed by atoms with Gasteiger partial charge in [0.05, 0.1) is 24.9 Å². The molecule has 9 heteroatoms. The van der Waals surface area contributed by atoms with Crippen molar-refractivity contribution in [2.24, 2.45) is 0 Å². The van der Waals surface area contributed by atoms with Crippen LogP contribution in [-0.4, -0.2) is 49.2 Å². The maximum atomic E-state index is 12.8. The van der Waals surface area contributed by atoms with Gasteiger partial charge in [-0.2, -0.15) is 5.10 Å². The fourth-order valence-electron chi connectivity index (χ4n) is 3.19. The number of nitrogens with zero attached hydrogens (tertiary/aromatic N) is 6. The van der Waals surface area contributed by atoms with E-state index in [0.29, 0.717) is 36.1 Å². The van der Waals surface area contributed by atoms with Crippen LogP contribution in [0.3, 0.4) is 0 Å². The minimum absolute atomic E-state index is 0.184. The number of amides is 1. The average molecular weight is 405 g/mol. The standard InChI is InChI=1S/C21H23N7O2/c1-14(2)27-13-22-26-20(27)17-5-4-6-18(25-17)21(29)24-16-8-7-15-12-23-28(9-10-30-3)19(15)11-16/h4-8,11-14H,9-10H2,1-3H3,(H,24,29). The van der Waals surface area contributed by atoms with Crippen molar-refractivity contribution in [3.8, 4) is 11.5 Å². The van der Waals surface area contributed by atoms with E-state index >= 15 is 0 Å². The number of rotatable bonds is 7. The molecule has 3 aromatic heterocycles. The van der Waals surface area contributed by atoms with Gasteiger partial charge in [0.2, 0.25) is 0 Å². The fourth-order valence-corrected chi connectivity index (χ4v) is 3.19. The van der Waals surface area contributed by atoms with Crippen molar-refractivity contribution in [1.82, 2.24) is 29.5 Å². The number of ether oxygens (including phenoxy) is 1. The van der Waals surface area contributed by atoms with Crippen molar-refractivity contribution in [2.45, 2.75) is 26.4 Å². The molecular formula is C21H23N7O2. The molecule has 0 aliphatic carbocycles. The fraction of sp³-hybridized carbons (Fsp3) is 0.286. The molecule has 0 fully saturated rings. The first-order valence-corrected chi connectivity index (χ1v) is 9.69. The molecule has 9 nitrogen and oxygen atoms in total. The average Bonchev–Trinajstić information content (AvgIpc) is 3.39. The second kappa shape index (κ2) is 8.42. The third kappa shape index (κ3) is 3.92. The van der Waals surface area contributed by atoms with E-state index in [1.54, 1.807) is 31.8 Å². The minimum Gasteiger partial charge on any atom is -0.383 e. The molecule has 0 bridgehead atoms. The Morgan fingerprint density at radius 2 is 2.10 bits per heavy atom. The van der Waals surface area contributed by atoms with Gasteiger partial charge in [0.25, 0.3) is 5.91 Å². The van der Waals surface area contributed by atoms with Gasteiger partial charge in [0, 0.05) is 24.2 Å². The number of anilines is 1. The molecule has 154 valence electrons. The van der Waals surface area contributed by atoms with Crippen molar-refractivity contribution in [3.05, 3.63) is 54.6 Å². The van der Waals surface area contributed by atoms with Gasteiger partial charge in [-0.1, -0.05) is 6.07 Å². The maximum absolute atomic E-state index is 12.8. The molecule has 0 aliphatic heterocycles. The van der Waals surface area contributed by atoms with Gasteiger partial charge in [-0.05, 0) is 44.2 Å². The Kier molecular flexibility index (Phi) is 5.53. The lowest BCUT2D eigenvalue weighted by Gasteiger charge is -2.10. The lowest BCUT2D eigenvalue weighted by Crippen LogP contribution is -2.14. The molecule has 0 spiro atoms. The molecule has 0 atom stereocenters. The molecule has 1 amide bonds. The van der Waals surface area contributed by atoms with E-state index in [0.717, 1.165) is 10.9 Å². The molecule has 1 N–H and O–H groups in total. The van der Waals surface area contributed by atoms with E-state index in [-0.39, 0.29) is 11.9 Å². The topological polar surface area (TPSA) is 99.7 Å². The van der Waals surface area contributed by atoms with Crippen LogP contribution in [0.5, 0.6) is 0 Å². The lowest BCUT2D eigenvalue weighted by molar-refractivity contribution is 0.102. The highest BCUT2D eigenvalue weighted by molar-refractivity contribution is 6.04. The Labute approximate surface area is 173 Å². The number of hydrogen-bond donors (Lipinski definition) is 1. The van der Waals surface area contributed by atoms with Crippen LogP contribution in [0.4, 0.5) is 5.69 Å². The summed E-state index contributed by atoms with van der Waals surface area (Å²) in [6.45, 7) is 5.27. The van der Waals surface area contributed by atoms with Gasteiger partial charge in [-0.15, -0.1) is 10.2 Å². The molecule has 0 radical (unpaired) electrons. The molecule has 0 saturated carbocycles.